The topological polar surface area (TPSA) is 58.2 Å². The number of thioether (sulfide) groups is 1. The van der Waals surface area contributed by atoms with Gasteiger partial charge in [0.1, 0.15) is 0 Å². The minimum atomic E-state index is -0.219. The zero-order valence-corrected chi connectivity index (χ0v) is 11.2. The molecule has 0 aliphatic heterocycles. The van der Waals surface area contributed by atoms with Crippen LogP contribution in [0.5, 0.6) is 0 Å². The van der Waals surface area contributed by atoms with E-state index in [2.05, 4.69) is 10.9 Å². The fourth-order valence-electron chi connectivity index (χ4n) is 1.29. The first-order valence-electron chi connectivity index (χ1n) is 5.62. The molecule has 2 rings (SSSR count). The number of amides is 2. The zero-order valence-electron chi connectivity index (χ0n) is 9.61. The predicted molar refractivity (Wildman–Crippen MR) is 71.2 cm³/mol. The molecule has 0 saturated heterocycles. The molecule has 1 aliphatic carbocycles. The lowest BCUT2D eigenvalue weighted by Crippen LogP contribution is -2.43. The van der Waals surface area contributed by atoms with E-state index in [-0.39, 0.29) is 23.5 Å². The van der Waals surface area contributed by atoms with E-state index in [0.29, 0.717) is 5.02 Å². The number of carbonyl (C=O) groups excluding carboxylic acids is 2. The number of rotatable bonds is 4. The van der Waals surface area contributed by atoms with E-state index in [1.165, 1.54) is 11.8 Å². The molecule has 0 spiro atoms. The van der Waals surface area contributed by atoms with Crippen LogP contribution in [0.15, 0.2) is 29.2 Å². The van der Waals surface area contributed by atoms with Crippen LogP contribution < -0.4 is 10.9 Å². The van der Waals surface area contributed by atoms with Crippen molar-refractivity contribution in [1.82, 2.24) is 10.9 Å². The number of halogens is 1. The Morgan fingerprint density at radius 3 is 2.50 bits per heavy atom. The van der Waals surface area contributed by atoms with E-state index in [1.807, 2.05) is 12.1 Å². The van der Waals surface area contributed by atoms with E-state index < -0.39 is 0 Å². The van der Waals surface area contributed by atoms with E-state index in [0.717, 1.165) is 17.7 Å². The molecule has 6 heteroatoms. The van der Waals surface area contributed by atoms with Crippen LogP contribution in [0, 0.1) is 5.92 Å². The van der Waals surface area contributed by atoms with Gasteiger partial charge in [0.05, 0.1) is 5.75 Å². The second-order valence-corrected chi connectivity index (χ2v) is 5.54. The van der Waals surface area contributed by atoms with Crippen molar-refractivity contribution in [2.45, 2.75) is 17.7 Å². The van der Waals surface area contributed by atoms with Gasteiger partial charge in [-0.15, -0.1) is 11.8 Å². The van der Waals surface area contributed by atoms with Crippen molar-refractivity contribution < 1.29 is 9.59 Å². The van der Waals surface area contributed by atoms with E-state index in [1.54, 1.807) is 12.1 Å². The largest absolute Gasteiger partial charge is 0.273 e. The van der Waals surface area contributed by atoms with Gasteiger partial charge in [-0.05, 0) is 37.1 Å². The molecule has 0 unspecified atom stereocenters. The molecule has 1 aromatic rings. The van der Waals surface area contributed by atoms with Crippen molar-refractivity contribution in [3.05, 3.63) is 29.3 Å². The molecule has 0 bridgehead atoms. The summed E-state index contributed by atoms with van der Waals surface area (Å²) in [6.07, 6.45) is 1.84. The predicted octanol–water partition coefficient (Wildman–Crippen LogP) is 1.99. The monoisotopic (exact) mass is 284 g/mol. The minimum Gasteiger partial charge on any atom is -0.273 e. The fraction of sp³-hybridized carbons (Fsp3) is 0.333. The maximum absolute atomic E-state index is 11.5. The Hall–Kier alpha value is -1.20. The van der Waals surface area contributed by atoms with Crippen molar-refractivity contribution >= 4 is 35.2 Å². The van der Waals surface area contributed by atoms with Crippen LogP contribution >= 0.6 is 23.4 Å². The van der Waals surface area contributed by atoms with E-state index in [9.17, 15) is 9.59 Å². The lowest BCUT2D eigenvalue weighted by atomic mass is 10.4. The Balaban J connectivity index is 1.67. The maximum atomic E-state index is 11.5. The van der Waals surface area contributed by atoms with Crippen LogP contribution in [-0.4, -0.2) is 17.6 Å². The lowest BCUT2D eigenvalue weighted by Gasteiger charge is -2.06. The summed E-state index contributed by atoms with van der Waals surface area (Å²) in [4.78, 5) is 23.7. The van der Waals surface area contributed by atoms with Crippen LogP contribution in [0.4, 0.5) is 0 Å². The molecule has 96 valence electrons. The standard InChI is InChI=1S/C12H13ClN2O2S/c13-9-3-5-10(6-4-9)18-7-11(16)14-15-12(17)8-1-2-8/h3-6,8H,1-2,7H2,(H,14,16)(H,15,17). The second kappa shape index (κ2) is 6.11. The van der Waals surface area contributed by atoms with Crippen molar-refractivity contribution in [3.63, 3.8) is 0 Å². The van der Waals surface area contributed by atoms with Crippen LogP contribution in [0.1, 0.15) is 12.8 Å². The van der Waals surface area contributed by atoms with Crippen molar-refractivity contribution in [2.24, 2.45) is 5.92 Å². The highest BCUT2D eigenvalue weighted by Crippen LogP contribution is 2.28. The van der Waals surface area contributed by atoms with Gasteiger partial charge in [-0.3, -0.25) is 20.4 Å². The van der Waals surface area contributed by atoms with Gasteiger partial charge in [-0.25, -0.2) is 0 Å². The third-order valence-corrected chi connectivity index (χ3v) is 3.72. The first-order valence-corrected chi connectivity index (χ1v) is 6.98. The van der Waals surface area contributed by atoms with Gasteiger partial charge in [0.2, 0.25) is 11.8 Å². The number of nitrogens with one attached hydrogen (secondary N) is 2. The quantitative estimate of drug-likeness (QED) is 0.657. The Labute approximate surface area is 114 Å². The summed E-state index contributed by atoms with van der Waals surface area (Å²) in [6.45, 7) is 0. The first kappa shape index (κ1) is 13.2. The smallest absolute Gasteiger partial charge is 0.248 e. The highest BCUT2D eigenvalue weighted by Gasteiger charge is 2.29. The van der Waals surface area contributed by atoms with E-state index in [4.69, 9.17) is 11.6 Å². The molecule has 1 aromatic carbocycles. The Bertz CT molecular complexity index is 446. The van der Waals surface area contributed by atoms with Gasteiger partial charge in [0, 0.05) is 15.8 Å². The molecule has 1 fully saturated rings. The SMILES string of the molecule is O=C(CSc1ccc(Cl)cc1)NNC(=O)C1CC1. The molecule has 0 radical (unpaired) electrons. The van der Waals surface area contributed by atoms with Crippen LogP contribution in [0.2, 0.25) is 5.02 Å². The number of carbonyl (C=O) groups is 2. The van der Waals surface area contributed by atoms with Gasteiger partial charge in [-0.1, -0.05) is 11.6 Å². The summed E-state index contributed by atoms with van der Waals surface area (Å²) >= 11 is 7.15. The summed E-state index contributed by atoms with van der Waals surface area (Å²) in [5.74, 6) is 0.0325. The number of hydrogen-bond donors (Lipinski definition) is 2. The summed E-state index contributed by atoms with van der Waals surface area (Å²) < 4.78 is 0. The number of hydrogen-bond acceptors (Lipinski definition) is 3. The Morgan fingerprint density at radius 2 is 1.89 bits per heavy atom. The van der Waals surface area contributed by atoms with E-state index >= 15 is 0 Å². The highest BCUT2D eigenvalue weighted by molar-refractivity contribution is 8.00. The molecular weight excluding hydrogens is 272 g/mol. The Morgan fingerprint density at radius 1 is 1.22 bits per heavy atom. The summed E-state index contributed by atoms with van der Waals surface area (Å²) in [5, 5.41) is 0.667. The number of hydrazine groups is 1. The van der Waals surface area contributed by atoms with Crippen LogP contribution in [-0.2, 0) is 9.59 Å². The van der Waals surface area contributed by atoms with Gasteiger partial charge in [0.15, 0.2) is 0 Å². The molecule has 0 heterocycles. The lowest BCUT2D eigenvalue weighted by molar-refractivity contribution is -0.128. The van der Waals surface area contributed by atoms with Gasteiger partial charge < -0.3 is 0 Å². The molecule has 1 aliphatic rings. The maximum Gasteiger partial charge on any atom is 0.248 e. The van der Waals surface area contributed by atoms with Gasteiger partial charge >= 0.3 is 0 Å². The van der Waals surface area contributed by atoms with Crippen molar-refractivity contribution in [1.29, 1.82) is 0 Å². The third kappa shape index (κ3) is 4.23. The normalized spacial score (nSPS) is 14.1. The molecule has 0 aromatic heterocycles. The molecule has 1 saturated carbocycles. The second-order valence-electron chi connectivity index (χ2n) is 4.05. The zero-order chi connectivity index (χ0) is 13.0. The average Bonchev–Trinajstić information content (AvgIpc) is 3.19. The Kier molecular flexibility index (Phi) is 4.49. The van der Waals surface area contributed by atoms with Crippen LogP contribution in [0.25, 0.3) is 0 Å². The average molecular weight is 285 g/mol. The van der Waals surface area contributed by atoms with Gasteiger partial charge in [-0.2, -0.15) is 0 Å². The minimum absolute atomic E-state index is 0.0919. The fourth-order valence-corrected chi connectivity index (χ4v) is 2.12. The summed E-state index contributed by atoms with van der Waals surface area (Å²) in [7, 11) is 0. The summed E-state index contributed by atoms with van der Waals surface area (Å²) in [5.41, 5.74) is 4.82. The molecule has 2 amide bonds. The third-order valence-electron chi connectivity index (χ3n) is 2.46. The van der Waals surface area contributed by atoms with Crippen molar-refractivity contribution in [2.75, 3.05) is 5.75 Å². The molecular formula is C12H13ClN2O2S. The summed E-state index contributed by atoms with van der Waals surface area (Å²) in [6, 6.07) is 7.25. The van der Waals surface area contributed by atoms with Crippen LogP contribution in [0.3, 0.4) is 0 Å². The molecule has 18 heavy (non-hydrogen) atoms. The highest BCUT2D eigenvalue weighted by atomic mass is 35.5. The molecule has 4 nitrogen and oxygen atoms in total. The van der Waals surface area contributed by atoms with Crippen molar-refractivity contribution in [3.8, 4) is 0 Å². The van der Waals surface area contributed by atoms with Gasteiger partial charge in [0.25, 0.3) is 0 Å². The molecule has 2 N–H and O–H groups in total. The molecule has 0 atom stereocenters. The first-order chi connectivity index (χ1) is 8.65. The number of benzene rings is 1.